The Morgan fingerprint density at radius 1 is 1.09 bits per heavy atom. The van der Waals surface area contributed by atoms with Crippen LogP contribution in [0.2, 0.25) is 10.1 Å². The average molecular weight is 628 g/mol. The van der Waals surface area contributed by atoms with E-state index in [4.69, 9.17) is 25.5 Å². The zero-order chi connectivity index (χ0) is 31.4. The molecule has 1 N–H and O–H groups in total. The van der Waals surface area contributed by atoms with Gasteiger partial charge in [-0.25, -0.2) is 14.2 Å². The lowest BCUT2D eigenvalue weighted by Gasteiger charge is -2.43. The summed E-state index contributed by atoms with van der Waals surface area (Å²) in [6.07, 6.45) is -0.302. The van der Waals surface area contributed by atoms with Crippen molar-refractivity contribution >= 4 is 47.7 Å². The number of morpholine rings is 1. The summed E-state index contributed by atoms with van der Waals surface area (Å²) in [6, 6.07) is 20.2. The van der Waals surface area contributed by atoms with Crippen molar-refractivity contribution in [3.05, 3.63) is 82.9 Å². The summed E-state index contributed by atoms with van der Waals surface area (Å²) in [5.41, 5.74) is -0.529. The highest BCUT2D eigenvalue weighted by molar-refractivity contribution is 6.99. The molecule has 1 fully saturated rings. The summed E-state index contributed by atoms with van der Waals surface area (Å²) in [7, 11) is -3.04. The molecule has 0 saturated carbocycles. The molecule has 1 saturated heterocycles. The normalized spacial score (nSPS) is 18.0. The number of halogens is 2. The number of anilines is 1. The van der Waals surface area contributed by atoms with Crippen LogP contribution in [0.15, 0.2) is 65.8 Å². The van der Waals surface area contributed by atoms with Crippen molar-refractivity contribution in [1.29, 1.82) is 0 Å². The van der Waals surface area contributed by atoms with E-state index in [0.717, 1.165) is 10.4 Å². The Balaban J connectivity index is 1.93. The smallest absolute Gasteiger partial charge is 0.362 e. The van der Waals surface area contributed by atoms with Gasteiger partial charge >= 0.3 is 5.97 Å². The Hall–Kier alpha value is -3.31. The van der Waals surface area contributed by atoms with E-state index in [2.05, 4.69) is 55.2 Å². The highest BCUT2D eigenvalue weighted by atomic mass is 35.5. The van der Waals surface area contributed by atoms with Gasteiger partial charge in [-0.3, -0.25) is 0 Å². The third-order valence-corrected chi connectivity index (χ3v) is 12.8. The fourth-order valence-electron chi connectivity index (χ4n) is 5.83. The van der Waals surface area contributed by atoms with Crippen LogP contribution in [0.25, 0.3) is 0 Å². The van der Waals surface area contributed by atoms with Crippen molar-refractivity contribution < 1.29 is 28.3 Å². The summed E-state index contributed by atoms with van der Waals surface area (Å²) in [5, 5.41) is 14.3. The molecule has 0 bridgehead atoms. The minimum atomic E-state index is -3.04. The molecule has 230 valence electrons. The van der Waals surface area contributed by atoms with Crippen LogP contribution in [-0.4, -0.2) is 62.1 Å². The predicted octanol–water partition coefficient (Wildman–Crippen LogP) is 5.31. The van der Waals surface area contributed by atoms with Crippen LogP contribution >= 0.6 is 11.6 Å². The first-order valence-corrected chi connectivity index (χ1v) is 16.7. The molecule has 8 nitrogen and oxygen atoms in total. The van der Waals surface area contributed by atoms with Gasteiger partial charge in [-0.2, -0.15) is 0 Å². The first kappa shape index (κ1) is 32.6. The number of carbonyl (C=O) groups is 1. The van der Waals surface area contributed by atoms with Gasteiger partial charge in [0.1, 0.15) is 10.7 Å². The van der Waals surface area contributed by atoms with Crippen LogP contribution < -0.4 is 15.3 Å². The quantitative estimate of drug-likeness (QED) is 0.113. The maximum absolute atomic E-state index is 15.9. The Bertz CT molecular complexity index is 1400. The van der Waals surface area contributed by atoms with Crippen molar-refractivity contribution in [1.82, 2.24) is 4.98 Å². The maximum Gasteiger partial charge on any atom is 0.362 e. The number of oxime groups is 1. The van der Waals surface area contributed by atoms with E-state index in [1.165, 1.54) is 0 Å². The second-order valence-corrected chi connectivity index (χ2v) is 16.4. The van der Waals surface area contributed by atoms with Gasteiger partial charge in [-0.15, -0.1) is 0 Å². The number of benzene rings is 2. The van der Waals surface area contributed by atoms with Gasteiger partial charge in [-0.05, 0) is 36.2 Å². The van der Waals surface area contributed by atoms with Crippen LogP contribution in [0.4, 0.5) is 10.1 Å². The molecule has 1 aliphatic heterocycles. The van der Waals surface area contributed by atoms with E-state index in [0.29, 0.717) is 24.5 Å². The molecule has 0 amide bonds. The van der Waals surface area contributed by atoms with Gasteiger partial charge in [-0.1, -0.05) is 98.2 Å². The van der Waals surface area contributed by atoms with E-state index in [1.807, 2.05) is 55.1 Å². The summed E-state index contributed by atoms with van der Waals surface area (Å²) < 4.78 is 34.0. The fraction of sp³-hybridized carbons (Fsp3) is 0.406. The standard InChI is InChI=1S/C32H39ClFN3O5Si/c1-7-40-31(38)29(36-39)28-27(34)26(33)30(37-18-21(2)42-22(3)19-37)25(35-28)20-41-43(32(4,5)6,23-14-10-8-11-15-23)24-16-12-9-13-17-24/h8-17,21-22,39H,7,18-20H2,1-6H3/b36-29-/t21-,22+. The van der Waals surface area contributed by atoms with Crippen LogP contribution in [0, 0.1) is 5.82 Å². The first-order valence-electron chi connectivity index (χ1n) is 14.4. The molecule has 0 unspecified atom stereocenters. The summed E-state index contributed by atoms with van der Waals surface area (Å²) in [6.45, 7) is 12.7. The summed E-state index contributed by atoms with van der Waals surface area (Å²) >= 11 is 6.76. The van der Waals surface area contributed by atoms with Crippen molar-refractivity contribution in [2.45, 2.75) is 65.4 Å². The van der Waals surface area contributed by atoms with Gasteiger partial charge in [0, 0.05) is 13.1 Å². The predicted molar refractivity (Wildman–Crippen MR) is 169 cm³/mol. The molecular formula is C32H39ClFN3O5Si. The molecule has 0 radical (unpaired) electrons. The lowest BCUT2D eigenvalue weighted by molar-refractivity contribution is -0.135. The molecule has 2 atom stereocenters. The lowest BCUT2D eigenvalue weighted by atomic mass is 10.1. The fourth-order valence-corrected chi connectivity index (χ4v) is 10.7. The Morgan fingerprint density at radius 3 is 2.09 bits per heavy atom. The minimum absolute atomic E-state index is 0.00132. The van der Waals surface area contributed by atoms with Crippen molar-refractivity contribution in [2.75, 3.05) is 24.6 Å². The Labute approximate surface area is 258 Å². The number of nitrogens with zero attached hydrogens (tertiary/aromatic N) is 3. The highest BCUT2D eigenvalue weighted by Gasteiger charge is 2.50. The van der Waals surface area contributed by atoms with Gasteiger partial charge < -0.3 is 24.0 Å². The molecule has 2 aromatic carbocycles. The van der Waals surface area contributed by atoms with Gasteiger partial charge in [0.2, 0.25) is 5.71 Å². The molecule has 43 heavy (non-hydrogen) atoms. The molecule has 11 heteroatoms. The van der Waals surface area contributed by atoms with Crippen molar-refractivity contribution in [3.8, 4) is 0 Å². The molecule has 1 aliphatic rings. The molecule has 0 spiro atoms. The van der Waals surface area contributed by atoms with Gasteiger partial charge in [0.15, 0.2) is 5.82 Å². The summed E-state index contributed by atoms with van der Waals surface area (Å²) in [4.78, 5) is 19.1. The average Bonchev–Trinajstić information content (AvgIpc) is 2.96. The number of hydrogen-bond acceptors (Lipinski definition) is 8. The molecule has 1 aromatic heterocycles. The number of rotatable bonds is 9. The number of carbonyl (C=O) groups excluding carboxylic acids is 1. The Morgan fingerprint density at radius 2 is 1.63 bits per heavy atom. The van der Waals surface area contributed by atoms with E-state index in [-0.39, 0.29) is 35.5 Å². The molecule has 2 heterocycles. The van der Waals surface area contributed by atoms with Crippen molar-refractivity contribution in [2.24, 2.45) is 5.16 Å². The van der Waals surface area contributed by atoms with E-state index in [9.17, 15) is 10.0 Å². The summed E-state index contributed by atoms with van der Waals surface area (Å²) in [5.74, 6) is -2.01. The van der Waals surface area contributed by atoms with Crippen LogP contribution in [0.1, 0.15) is 52.9 Å². The zero-order valence-electron chi connectivity index (χ0n) is 25.4. The third-order valence-electron chi connectivity index (χ3n) is 7.50. The molecular weight excluding hydrogens is 589 g/mol. The molecule has 4 rings (SSSR count). The second kappa shape index (κ2) is 13.5. The van der Waals surface area contributed by atoms with E-state index >= 15 is 4.39 Å². The number of pyridine rings is 1. The molecule has 0 aliphatic carbocycles. The van der Waals surface area contributed by atoms with Gasteiger partial charge in [0.25, 0.3) is 8.32 Å². The minimum Gasteiger partial charge on any atom is -0.461 e. The van der Waals surface area contributed by atoms with E-state index < -0.39 is 31.5 Å². The first-order chi connectivity index (χ1) is 20.4. The second-order valence-electron chi connectivity index (χ2n) is 11.7. The van der Waals surface area contributed by atoms with Crippen molar-refractivity contribution in [3.63, 3.8) is 0 Å². The Kier molecular flexibility index (Phi) is 10.3. The molecule has 3 aromatic rings. The maximum atomic E-state index is 15.9. The van der Waals surface area contributed by atoms with Gasteiger partial charge in [0.05, 0.1) is 36.8 Å². The topological polar surface area (TPSA) is 93.5 Å². The monoisotopic (exact) mass is 627 g/mol. The third kappa shape index (κ3) is 6.62. The number of ether oxygens (including phenoxy) is 2. The SMILES string of the molecule is CCOC(=O)/C(=N\O)c1nc(CO[Si](c2ccccc2)(c2ccccc2)C(C)(C)C)c(N2C[C@@H](C)O[C@@H](C)C2)c(Cl)c1F. The van der Waals surface area contributed by atoms with E-state index in [1.54, 1.807) is 6.92 Å². The highest BCUT2D eigenvalue weighted by Crippen LogP contribution is 2.40. The zero-order valence-corrected chi connectivity index (χ0v) is 27.2. The largest absolute Gasteiger partial charge is 0.461 e. The number of aromatic nitrogens is 1. The lowest BCUT2D eigenvalue weighted by Crippen LogP contribution is -2.66. The van der Waals surface area contributed by atoms with Crippen LogP contribution in [0.5, 0.6) is 0 Å². The number of esters is 1. The van der Waals surface area contributed by atoms with Crippen LogP contribution in [-0.2, 0) is 25.3 Å². The van der Waals surface area contributed by atoms with Crippen LogP contribution in [0.3, 0.4) is 0 Å². The number of hydrogen-bond donors (Lipinski definition) is 1.